The van der Waals surface area contributed by atoms with Gasteiger partial charge >= 0.3 is 0 Å². The molecule has 0 aromatic rings. The smallest absolute Gasteiger partial charge is 0.223 e. The Labute approximate surface area is 128 Å². The third kappa shape index (κ3) is 6.32. The normalized spacial score (nSPS) is 19.0. The molecule has 6 nitrogen and oxygen atoms in total. The van der Waals surface area contributed by atoms with Crippen molar-refractivity contribution in [1.29, 1.82) is 0 Å². The molecule has 21 heavy (non-hydrogen) atoms. The van der Waals surface area contributed by atoms with E-state index in [1.165, 1.54) is 10.6 Å². The minimum atomic E-state index is -3.13. The molecular weight excluding hydrogens is 290 g/mol. The summed E-state index contributed by atoms with van der Waals surface area (Å²) >= 11 is 0. The number of nitrogens with zero attached hydrogens (tertiary/aromatic N) is 2. The molecule has 0 aliphatic carbocycles. The van der Waals surface area contributed by atoms with Crippen molar-refractivity contribution in [3.05, 3.63) is 0 Å². The van der Waals surface area contributed by atoms with E-state index >= 15 is 0 Å². The fourth-order valence-corrected chi connectivity index (χ4v) is 3.71. The largest absolute Gasteiger partial charge is 0.355 e. The van der Waals surface area contributed by atoms with Crippen molar-refractivity contribution in [3.8, 4) is 0 Å². The molecule has 1 saturated heterocycles. The first-order valence-corrected chi connectivity index (χ1v) is 9.24. The minimum absolute atomic E-state index is 0.0205. The summed E-state index contributed by atoms with van der Waals surface area (Å²) in [6, 6.07) is 0. The first kappa shape index (κ1) is 18.4. The quantitative estimate of drug-likeness (QED) is 0.767. The molecule has 0 atom stereocenters. The molecule has 7 heteroatoms. The van der Waals surface area contributed by atoms with E-state index in [0.29, 0.717) is 32.5 Å². The Morgan fingerprint density at radius 3 is 2.24 bits per heavy atom. The molecule has 1 heterocycles. The van der Waals surface area contributed by atoms with Crippen LogP contribution >= 0.6 is 0 Å². The molecule has 124 valence electrons. The summed E-state index contributed by atoms with van der Waals surface area (Å²) in [6.45, 7) is 6.67. The molecule has 1 amide bonds. The van der Waals surface area contributed by atoms with Gasteiger partial charge in [0.15, 0.2) is 0 Å². The van der Waals surface area contributed by atoms with E-state index in [0.717, 1.165) is 6.54 Å². The van der Waals surface area contributed by atoms with Gasteiger partial charge < -0.3 is 10.2 Å². The van der Waals surface area contributed by atoms with Crippen LogP contribution in [0.25, 0.3) is 0 Å². The van der Waals surface area contributed by atoms with Crippen molar-refractivity contribution in [2.45, 2.75) is 26.7 Å². The lowest BCUT2D eigenvalue weighted by molar-refractivity contribution is -0.126. The third-order valence-electron chi connectivity index (χ3n) is 3.78. The lowest BCUT2D eigenvalue weighted by Crippen LogP contribution is -2.45. The molecule has 0 spiro atoms. The van der Waals surface area contributed by atoms with Crippen LogP contribution in [0.2, 0.25) is 0 Å². The Balaban J connectivity index is 2.41. The summed E-state index contributed by atoms with van der Waals surface area (Å²) in [6.07, 6.45) is 2.43. The third-order valence-corrected chi connectivity index (χ3v) is 5.08. The molecular formula is C14H29N3O3S. The number of amides is 1. The fraction of sp³-hybridized carbons (Fsp3) is 0.929. The van der Waals surface area contributed by atoms with Crippen LogP contribution in [0.15, 0.2) is 0 Å². The predicted octanol–water partition coefficient (Wildman–Crippen LogP) is 0.362. The summed E-state index contributed by atoms with van der Waals surface area (Å²) in [4.78, 5) is 14.3. The number of carbonyl (C=O) groups excluding carboxylic acids is 1. The summed E-state index contributed by atoms with van der Waals surface area (Å²) in [5.41, 5.74) is 0.0205. The number of piperidine rings is 1. The standard InChI is InChI=1S/C14H29N3O3S/c1-14(2,11-16(3)4)10-15-13(18)12-6-8-17(9-7-12)21(5,19)20/h12H,6-11H2,1-5H3,(H,15,18). The molecule has 1 rings (SSSR count). The van der Waals surface area contributed by atoms with E-state index in [1.807, 2.05) is 14.1 Å². The monoisotopic (exact) mass is 319 g/mol. The summed E-state index contributed by atoms with van der Waals surface area (Å²) in [5, 5.41) is 3.02. The van der Waals surface area contributed by atoms with Crippen LogP contribution in [0.5, 0.6) is 0 Å². The number of nitrogens with one attached hydrogen (secondary N) is 1. The van der Waals surface area contributed by atoms with Gasteiger partial charge in [0.1, 0.15) is 0 Å². The average molecular weight is 319 g/mol. The highest BCUT2D eigenvalue weighted by atomic mass is 32.2. The molecule has 1 aliphatic rings. The van der Waals surface area contributed by atoms with Gasteiger partial charge in [-0.1, -0.05) is 13.8 Å². The van der Waals surface area contributed by atoms with Gasteiger partial charge in [-0.2, -0.15) is 0 Å². The van der Waals surface area contributed by atoms with E-state index in [1.54, 1.807) is 0 Å². The highest BCUT2D eigenvalue weighted by molar-refractivity contribution is 7.88. The Bertz CT molecular complexity index is 452. The van der Waals surface area contributed by atoms with Crippen LogP contribution in [-0.4, -0.2) is 70.1 Å². The zero-order valence-electron chi connectivity index (χ0n) is 13.8. The number of hydrogen-bond donors (Lipinski definition) is 1. The van der Waals surface area contributed by atoms with E-state index in [4.69, 9.17) is 0 Å². The molecule has 0 unspecified atom stereocenters. The molecule has 1 N–H and O–H groups in total. The van der Waals surface area contributed by atoms with E-state index < -0.39 is 10.0 Å². The van der Waals surface area contributed by atoms with E-state index in [9.17, 15) is 13.2 Å². The molecule has 0 bridgehead atoms. The molecule has 0 saturated carbocycles. The van der Waals surface area contributed by atoms with Crippen molar-refractivity contribution in [1.82, 2.24) is 14.5 Å². The summed E-state index contributed by atoms with van der Waals surface area (Å²) < 4.78 is 24.3. The Morgan fingerprint density at radius 1 is 1.29 bits per heavy atom. The van der Waals surface area contributed by atoms with Crippen molar-refractivity contribution in [2.75, 3.05) is 46.5 Å². The second-order valence-corrected chi connectivity index (χ2v) is 9.04. The zero-order chi connectivity index (χ0) is 16.3. The summed E-state index contributed by atoms with van der Waals surface area (Å²) in [7, 11) is 0.909. The summed E-state index contributed by atoms with van der Waals surface area (Å²) in [5.74, 6) is -0.0202. The van der Waals surface area contributed by atoms with Crippen LogP contribution in [0.4, 0.5) is 0 Å². The topological polar surface area (TPSA) is 69.7 Å². The Kier molecular flexibility index (Phi) is 6.19. The van der Waals surface area contributed by atoms with Crippen LogP contribution in [-0.2, 0) is 14.8 Å². The van der Waals surface area contributed by atoms with Crippen molar-refractivity contribution in [2.24, 2.45) is 11.3 Å². The van der Waals surface area contributed by atoms with E-state index in [2.05, 4.69) is 24.1 Å². The molecule has 1 fully saturated rings. The maximum absolute atomic E-state index is 12.2. The number of carbonyl (C=O) groups is 1. The van der Waals surface area contributed by atoms with Crippen molar-refractivity contribution in [3.63, 3.8) is 0 Å². The van der Waals surface area contributed by atoms with Gasteiger partial charge in [-0.3, -0.25) is 4.79 Å². The lowest BCUT2D eigenvalue weighted by Gasteiger charge is -2.32. The van der Waals surface area contributed by atoms with Gasteiger partial charge in [0.05, 0.1) is 6.26 Å². The average Bonchev–Trinajstić information content (AvgIpc) is 2.33. The second-order valence-electron chi connectivity index (χ2n) is 7.06. The van der Waals surface area contributed by atoms with Gasteiger partial charge in [0, 0.05) is 32.1 Å². The first-order chi connectivity index (χ1) is 9.51. The minimum Gasteiger partial charge on any atom is -0.355 e. The Morgan fingerprint density at radius 2 is 1.81 bits per heavy atom. The molecule has 0 aromatic heterocycles. The highest BCUT2D eigenvalue weighted by Crippen LogP contribution is 2.20. The van der Waals surface area contributed by atoms with Gasteiger partial charge in [0.2, 0.25) is 15.9 Å². The van der Waals surface area contributed by atoms with Gasteiger partial charge in [-0.05, 0) is 32.4 Å². The number of rotatable bonds is 6. The van der Waals surface area contributed by atoms with Crippen LogP contribution in [0.1, 0.15) is 26.7 Å². The molecule has 1 aliphatic heterocycles. The fourth-order valence-electron chi connectivity index (χ4n) is 2.83. The molecule has 0 aromatic carbocycles. The van der Waals surface area contributed by atoms with Crippen molar-refractivity contribution < 1.29 is 13.2 Å². The Hall–Kier alpha value is -0.660. The van der Waals surface area contributed by atoms with Crippen LogP contribution in [0.3, 0.4) is 0 Å². The number of sulfonamides is 1. The van der Waals surface area contributed by atoms with Crippen LogP contribution in [0, 0.1) is 11.3 Å². The van der Waals surface area contributed by atoms with Gasteiger partial charge in [-0.15, -0.1) is 0 Å². The highest BCUT2D eigenvalue weighted by Gasteiger charge is 2.29. The number of hydrogen-bond acceptors (Lipinski definition) is 4. The lowest BCUT2D eigenvalue weighted by atomic mass is 9.91. The van der Waals surface area contributed by atoms with Gasteiger partial charge in [0.25, 0.3) is 0 Å². The molecule has 0 radical (unpaired) electrons. The van der Waals surface area contributed by atoms with Crippen molar-refractivity contribution >= 4 is 15.9 Å². The maximum atomic E-state index is 12.2. The maximum Gasteiger partial charge on any atom is 0.223 e. The second kappa shape index (κ2) is 7.07. The predicted molar refractivity (Wildman–Crippen MR) is 84.5 cm³/mol. The van der Waals surface area contributed by atoms with Gasteiger partial charge in [-0.25, -0.2) is 12.7 Å². The van der Waals surface area contributed by atoms with Crippen LogP contribution < -0.4 is 5.32 Å². The zero-order valence-corrected chi connectivity index (χ0v) is 14.7. The SMILES string of the molecule is CN(C)CC(C)(C)CNC(=O)C1CCN(S(C)(=O)=O)CC1. The van der Waals surface area contributed by atoms with E-state index in [-0.39, 0.29) is 17.2 Å². The first-order valence-electron chi connectivity index (χ1n) is 7.39.